The van der Waals surface area contributed by atoms with Crippen LogP contribution in [0.25, 0.3) is 0 Å². The first-order valence-corrected chi connectivity index (χ1v) is 4.93. The molecule has 16 heavy (non-hydrogen) atoms. The molecule has 0 aliphatic heterocycles. The van der Waals surface area contributed by atoms with Crippen LogP contribution in [0, 0.1) is 13.8 Å². The molecule has 0 spiro atoms. The molecule has 0 unspecified atom stereocenters. The Kier molecular flexibility index (Phi) is 3.30. The predicted octanol–water partition coefficient (Wildman–Crippen LogP) is 1.78. The number of hydrogen-bond donors (Lipinski definition) is 1. The summed E-state index contributed by atoms with van der Waals surface area (Å²) in [6.07, 6.45) is -0.806. The van der Waals surface area contributed by atoms with E-state index in [9.17, 15) is 13.6 Å². The van der Waals surface area contributed by atoms with Crippen molar-refractivity contribution in [1.29, 1.82) is 0 Å². The highest BCUT2D eigenvalue weighted by Gasteiger charge is 2.40. The topological polar surface area (TPSA) is 55.1 Å². The molecule has 1 rings (SSSR count). The number of carboxylic acids is 1. The zero-order valence-electron chi connectivity index (χ0n) is 9.42. The molecule has 0 saturated carbocycles. The molecule has 1 aromatic rings. The molecule has 0 amide bonds. The summed E-state index contributed by atoms with van der Waals surface area (Å²) >= 11 is 0. The van der Waals surface area contributed by atoms with Crippen molar-refractivity contribution in [1.82, 2.24) is 9.78 Å². The van der Waals surface area contributed by atoms with Crippen molar-refractivity contribution < 1.29 is 18.7 Å². The van der Waals surface area contributed by atoms with Crippen molar-refractivity contribution >= 4 is 5.97 Å². The van der Waals surface area contributed by atoms with E-state index >= 15 is 0 Å². The average molecular weight is 232 g/mol. The third-order valence-corrected chi connectivity index (χ3v) is 2.54. The number of aromatic nitrogens is 2. The Hall–Kier alpha value is -1.46. The molecule has 4 nitrogen and oxygen atoms in total. The third-order valence-electron chi connectivity index (χ3n) is 2.54. The summed E-state index contributed by atoms with van der Waals surface area (Å²) in [6, 6.07) is 0. The summed E-state index contributed by atoms with van der Waals surface area (Å²) in [5, 5.41) is 12.4. The standard InChI is InChI=1S/C10H14F2N2O2/c1-4-14-7(3)8(6(2)13-14)5-10(11,12)9(15)16/h4-5H2,1-3H3,(H,15,16). The van der Waals surface area contributed by atoms with Gasteiger partial charge in [-0.2, -0.15) is 13.9 Å². The van der Waals surface area contributed by atoms with Gasteiger partial charge in [-0.05, 0) is 20.8 Å². The van der Waals surface area contributed by atoms with E-state index in [4.69, 9.17) is 5.11 Å². The molecule has 0 aliphatic rings. The lowest BCUT2D eigenvalue weighted by atomic mass is 10.1. The highest BCUT2D eigenvalue weighted by atomic mass is 19.3. The van der Waals surface area contributed by atoms with E-state index in [0.717, 1.165) is 0 Å². The molecule has 1 heterocycles. The summed E-state index contributed by atoms with van der Waals surface area (Å²) in [4.78, 5) is 10.3. The van der Waals surface area contributed by atoms with Gasteiger partial charge >= 0.3 is 11.9 Å². The van der Waals surface area contributed by atoms with Gasteiger partial charge in [0.2, 0.25) is 0 Å². The van der Waals surface area contributed by atoms with Crippen molar-refractivity contribution in [2.45, 2.75) is 39.7 Å². The first-order chi connectivity index (χ1) is 7.29. The Bertz CT molecular complexity index is 413. The maximum atomic E-state index is 13.1. The zero-order valence-corrected chi connectivity index (χ0v) is 9.42. The van der Waals surface area contributed by atoms with Crippen LogP contribution in [0.5, 0.6) is 0 Å². The minimum Gasteiger partial charge on any atom is -0.477 e. The van der Waals surface area contributed by atoms with Gasteiger partial charge in [0.25, 0.3) is 0 Å². The van der Waals surface area contributed by atoms with Crippen molar-refractivity contribution in [2.75, 3.05) is 0 Å². The van der Waals surface area contributed by atoms with Crippen molar-refractivity contribution in [3.8, 4) is 0 Å². The van der Waals surface area contributed by atoms with E-state index in [-0.39, 0.29) is 0 Å². The van der Waals surface area contributed by atoms with Crippen LogP contribution >= 0.6 is 0 Å². The van der Waals surface area contributed by atoms with Crippen LogP contribution in [-0.4, -0.2) is 26.8 Å². The summed E-state index contributed by atoms with van der Waals surface area (Å²) in [7, 11) is 0. The zero-order chi connectivity index (χ0) is 12.5. The molecule has 1 N–H and O–H groups in total. The molecule has 0 bridgehead atoms. The number of halogens is 2. The number of carbonyl (C=O) groups is 1. The van der Waals surface area contributed by atoms with Crippen LogP contribution in [0.3, 0.4) is 0 Å². The summed E-state index contributed by atoms with van der Waals surface area (Å²) in [5.41, 5.74) is 1.37. The minimum absolute atomic E-state index is 0.314. The first-order valence-electron chi connectivity index (χ1n) is 4.93. The number of rotatable bonds is 4. The SMILES string of the molecule is CCn1nc(C)c(CC(F)(F)C(=O)O)c1C. The first kappa shape index (κ1) is 12.6. The van der Waals surface area contributed by atoms with Gasteiger partial charge < -0.3 is 5.11 Å². The Morgan fingerprint density at radius 3 is 2.44 bits per heavy atom. The lowest BCUT2D eigenvalue weighted by Crippen LogP contribution is -2.31. The van der Waals surface area contributed by atoms with E-state index in [0.29, 0.717) is 23.5 Å². The van der Waals surface area contributed by atoms with Crippen LogP contribution in [0.2, 0.25) is 0 Å². The van der Waals surface area contributed by atoms with E-state index in [2.05, 4.69) is 5.10 Å². The highest BCUT2D eigenvalue weighted by Crippen LogP contribution is 2.24. The fourth-order valence-electron chi connectivity index (χ4n) is 1.60. The summed E-state index contributed by atoms with van der Waals surface area (Å²) in [6.45, 7) is 5.69. The molecule has 0 aliphatic carbocycles. The molecule has 90 valence electrons. The molecule has 0 aromatic carbocycles. The summed E-state index contributed by atoms with van der Waals surface area (Å²) < 4.78 is 27.7. The van der Waals surface area contributed by atoms with Crippen LogP contribution in [0.1, 0.15) is 23.9 Å². The van der Waals surface area contributed by atoms with Gasteiger partial charge in [0.15, 0.2) is 0 Å². The fourth-order valence-corrected chi connectivity index (χ4v) is 1.60. The Morgan fingerprint density at radius 2 is 2.06 bits per heavy atom. The monoisotopic (exact) mass is 232 g/mol. The van der Waals surface area contributed by atoms with E-state index < -0.39 is 18.3 Å². The van der Waals surface area contributed by atoms with Gasteiger partial charge in [-0.25, -0.2) is 4.79 Å². The Balaban J connectivity index is 3.06. The van der Waals surface area contributed by atoms with Crippen molar-refractivity contribution in [3.05, 3.63) is 17.0 Å². The Labute approximate surface area is 91.9 Å². The molecule has 6 heteroatoms. The fraction of sp³-hybridized carbons (Fsp3) is 0.600. The van der Waals surface area contributed by atoms with Crippen molar-refractivity contribution in [3.63, 3.8) is 0 Å². The number of carboxylic acid groups (broad SMARTS) is 1. The van der Waals surface area contributed by atoms with Crippen molar-refractivity contribution in [2.24, 2.45) is 0 Å². The van der Waals surface area contributed by atoms with Gasteiger partial charge in [-0.3, -0.25) is 4.68 Å². The van der Waals surface area contributed by atoms with Crippen LogP contribution in [-0.2, 0) is 17.8 Å². The molecular formula is C10H14F2N2O2. The number of aliphatic carboxylic acids is 1. The predicted molar refractivity (Wildman–Crippen MR) is 53.7 cm³/mol. The van der Waals surface area contributed by atoms with Crippen LogP contribution < -0.4 is 0 Å². The second-order valence-corrected chi connectivity index (χ2v) is 3.65. The second-order valence-electron chi connectivity index (χ2n) is 3.65. The van der Waals surface area contributed by atoms with Gasteiger partial charge in [-0.1, -0.05) is 0 Å². The minimum atomic E-state index is -3.74. The average Bonchev–Trinajstić information content (AvgIpc) is 2.44. The number of alkyl halides is 2. The normalized spacial score (nSPS) is 11.8. The second kappa shape index (κ2) is 4.19. The molecule has 0 atom stereocenters. The van der Waals surface area contributed by atoms with E-state index in [1.54, 1.807) is 18.5 Å². The van der Waals surface area contributed by atoms with Gasteiger partial charge in [0, 0.05) is 17.8 Å². The van der Waals surface area contributed by atoms with Crippen LogP contribution in [0.4, 0.5) is 8.78 Å². The lowest BCUT2D eigenvalue weighted by Gasteiger charge is -2.11. The smallest absolute Gasteiger partial charge is 0.374 e. The highest BCUT2D eigenvalue weighted by molar-refractivity contribution is 5.75. The molecule has 1 aromatic heterocycles. The molecule has 0 saturated heterocycles. The number of hydrogen-bond acceptors (Lipinski definition) is 2. The quantitative estimate of drug-likeness (QED) is 0.860. The largest absolute Gasteiger partial charge is 0.477 e. The maximum Gasteiger partial charge on any atom is 0.374 e. The molecular weight excluding hydrogens is 218 g/mol. The van der Waals surface area contributed by atoms with E-state index in [1.807, 2.05) is 6.92 Å². The number of nitrogens with zero attached hydrogens (tertiary/aromatic N) is 2. The lowest BCUT2D eigenvalue weighted by molar-refractivity contribution is -0.164. The van der Waals surface area contributed by atoms with E-state index in [1.165, 1.54) is 0 Å². The van der Waals surface area contributed by atoms with Gasteiger partial charge in [-0.15, -0.1) is 0 Å². The van der Waals surface area contributed by atoms with Gasteiger partial charge in [0.05, 0.1) is 12.1 Å². The summed E-state index contributed by atoms with van der Waals surface area (Å²) in [5.74, 6) is -5.84. The number of aryl methyl sites for hydroxylation is 2. The third kappa shape index (κ3) is 2.20. The maximum absolute atomic E-state index is 13.1. The molecule has 0 fully saturated rings. The molecule has 0 radical (unpaired) electrons. The Morgan fingerprint density at radius 1 is 1.50 bits per heavy atom. The van der Waals surface area contributed by atoms with Crippen LogP contribution in [0.15, 0.2) is 0 Å². The van der Waals surface area contributed by atoms with Gasteiger partial charge in [0.1, 0.15) is 0 Å².